The van der Waals surface area contributed by atoms with E-state index >= 15 is 0 Å². The highest BCUT2D eigenvalue weighted by molar-refractivity contribution is 5.85. The van der Waals surface area contributed by atoms with Crippen molar-refractivity contribution in [3.63, 3.8) is 0 Å². The standard InChI is InChI=1S/C24H30O4/c1-6-11-23(13-14-25,18(3)26)16-21-9-8-10-22(15-21)17-24(12-7-2,19(4)27)20(5)28/h6-7,9,14-15,19,27H,1-2,11-13,16-17H2,3-5H3. The van der Waals surface area contributed by atoms with Crippen LogP contribution in [-0.2, 0) is 27.2 Å². The first kappa shape index (κ1) is 23.5. The summed E-state index contributed by atoms with van der Waals surface area (Å²) in [5, 5.41) is 10.3. The Bertz CT molecular complexity index is 722. The summed E-state index contributed by atoms with van der Waals surface area (Å²) >= 11 is 0. The molecular weight excluding hydrogens is 352 g/mol. The maximum absolute atomic E-state index is 12.3. The fourth-order valence-electron chi connectivity index (χ4n) is 3.74. The monoisotopic (exact) mass is 382 g/mol. The van der Waals surface area contributed by atoms with Gasteiger partial charge in [-0.1, -0.05) is 24.3 Å². The van der Waals surface area contributed by atoms with Gasteiger partial charge in [0, 0.05) is 17.4 Å². The molecule has 0 aliphatic heterocycles. The van der Waals surface area contributed by atoms with Crippen molar-refractivity contribution >= 4 is 17.9 Å². The summed E-state index contributed by atoms with van der Waals surface area (Å²) in [5.41, 5.74) is -0.266. The summed E-state index contributed by atoms with van der Waals surface area (Å²) in [4.78, 5) is 35.9. The topological polar surface area (TPSA) is 71.4 Å². The van der Waals surface area contributed by atoms with Crippen LogP contribution in [0.4, 0.5) is 0 Å². The zero-order chi connectivity index (χ0) is 21.4. The van der Waals surface area contributed by atoms with Crippen molar-refractivity contribution in [2.24, 2.45) is 10.8 Å². The number of carbonyl (C=O) groups excluding carboxylic acids is 3. The summed E-state index contributed by atoms with van der Waals surface area (Å²) < 4.78 is 0. The third-order valence-electron chi connectivity index (χ3n) is 5.66. The molecule has 0 aromatic heterocycles. The largest absolute Gasteiger partial charge is 0.392 e. The van der Waals surface area contributed by atoms with Gasteiger partial charge in [-0.25, -0.2) is 0 Å². The van der Waals surface area contributed by atoms with Gasteiger partial charge in [-0.05, 0) is 64.2 Å². The van der Waals surface area contributed by atoms with E-state index in [0.29, 0.717) is 25.7 Å². The lowest BCUT2D eigenvalue weighted by molar-refractivity contribution is -0.132. The molecule has 0 amide bonds. The summed E-state index contributed by atoms with van der Waals surface area (Å²) in [6.07, 6.45) is 4.72. The van der Waals surface area contributed by atoms with E-state index in [-0.39, 0.29) is 18.0 Å². The predicted octanol–water partition coefficient (Wildman–Crippen LogP) is 3.64. The van der Waals surface area contributed by atoms with Crippen molar-refractivity contribution < 1.29 is 19.5 Å². The zero-order valence-corrected chi connectivity index (χ0v) is 17.1. The normalized spacial score (nSPS) is 16.0. The third-order valence-corrected chi connectivity index (χ3v) is 5.66. The highest BCUT2D eigenvalue weighted by atomic mass is 16.3. The van der Waals surface area contributed by atoms with Gasteiger partial charge in [-0.2, -0.15) is 0 Å². The van der Waals surface area contributed by atoms with E-state index < -0.39 is 16.9 Å². The first-order valence-corrected chi connectivity index (χ1v) is 9.44. The molecule has 1 aromatic carbocycles. The summed E-state index contributed by atoms with van der Waals surface area (Å²) in [5.74, 6) is -0.186. The Morgan fingerprint density at radius 2 is 1.79 bits per heavy atom. The van der Waals surface area contributed by atoms with Crippen LogP contribution in [0.25, 0.3) is 0 Å². The Hall–Kier alpha value is -2.51. The Morgan fingerprint density at radius 1 is 1.14 bits per heavy atom. The molecule has 3 unspecified atom stereocenters. The van der Waals surface area contributed by atoms with Gasteiger partial charge in [-0.15, -0.1) is 13.2 Å². The molecule has 0 saturated carbocycles. The SMILES string of the molecule is C=CCC(CC=O)(Cc1cc#cc(CC(CC=C)(C(C)=O)C(C)O)c1)C(C)=O. The zero-order valence-electron chi connectivity index (χ0n) is 17.1. The van der Waals surface area contributed by atoms with Crippen LogP contribution in [0.1, 0.15) is 51.2 Å². The number of carbonyl (C=O) groups is 3. The first-order chi connectivity index (χ1) is 13.2. The molecule has 0 heterocycles. The van der Waals surface area contributed by atoms with Gasteiger partial charge in [0.15, 0.2) is 0 Å². The van der Waals surface area contributed by atoms with Crippen LogP contribution in [0, 0.1) is 23.0 Å². The molecule has 0 spiro atoms. The minimum atomic E-state index is -0.980. The molecule has 0 aliphatic rings. The van der Waals surface area contributed by atoms with Gasteiger partial charge in [0.1, 0.15) is 17.9 Å². The average molecular weight is 383 g/mol. The lowest BCUT2D eigenvalue weighted by atomic mass is 9.71. The quantitative estimate of drug-likeness (QED) is 0.418. The molecule has 28 heavy (non-hydrogen) atoms. The minimum absolute atomic E-state index is 0.0670. The van der Waals surface area contributed by atoms with Gasteiger partial charge >= 0.3 is 0 Å². The number of allylic oxidation sites excluding steroid dienone is 2. The Balaban J connectivity index is 3.28. The second-order valence-corrected chi connectivity index (χ2v) is 7.59. The van der Waals surface area contributed by atoms with Crippen LogP contribution >= 0.6 is 0 Å². The molecule has 0 aliphatic carbocycles. The predicted molar refractivity (Wildman–Crippen MR) is 110 cm³/mol. The molecular formula is C24H30O4. The van der Waals surface area contributed by atoms with Gasteiger partial charge in [0.2, 0.25) is 0 Å². The van der Waals surface area contributed by atoms with E-state index in [0.717, 1.165) is 17.4 Å². The lowest BCUT2D eigenvalue weighted by Gasteiger charge is -2.33. The van der Waals surface area contributed by atoms with Crippen LogP contribution < -0.4 is 0 Å². The van der Waals surface area contributed by atoms with Gasteiger partial charge in [0.25, 0.3) is 0 Å². The van der Waals surface area contributed by atoms with Crippen LogP contribution in [0.2, 0.25) is 0 Å². The number of hydrogen-bond acceptors (Lipinski definition) is 4. The molecule has 0 bridgehead atoms. The molecule has 0 fully saturated rings. The van der Waals surface area contributed by atoms with Crippen molar-refractivity contribution in [2.75, 3.05) is 0 Å². The molecule has 4 heteroatoms. The lowest BCUT2D eigenvalue weighted by Crippen LogP contribution is -2.41. The van der Waals surface area contributed by atoms with Crippen LogP contribution in [0.5, 0.6) is 0 Å². The second kappa shape index (κ2) is 10.1. The summed E-state index contributed by atoms with van der Waals surface area (Å²) in [6, 6.07) is 9.57. The minimum Gasteiger partial charge on any atom is -0.392 e. The van der Waals surface area contributed by atoms with Gasteiger partial charge in [0.05, 0.1) is 11.5 Å². The summed E-state index contributed by atoms with van der Waals surface area (Å²) in [6.45, 7) is 12.0. The van der Waals surface area contributed by atoms with Crippen molar-refractivity contribution in [3.05, 3.63) is 60.7 Å². The Kier molecular flexibility index (Phi) is 8.53. The summed E-state index contributed by atoms with van der Waals surface area (Å²) in [7, 11) is 0. The van der Waals surface area contributed by atoms with Crippen LogP contribution in [0.3, 0.4) is 0 Å². The molecule has 150 valence electrons. The fourth-order valence-corrected chi connectivity index (χ4v) is 3.74. The molecule has 1 rings (SSSR count). The van der Waals surface area contributed by atoms with E-state index in [1.165, 1.54) is 13.8 Å². The van der Waals surface area contributed by atoms with Crippen molar-refractivity contribution in [3.8, 4) is 0 Å². The number of hydrogen-bond donors (Lipinski definition) is 1. The van der Waals surface area contributed by atoms with E-state index in [9.17, 15) is 19.5 Å². The Morgan fingerprint density at radius 3 is 2.25 bits per heavy atom. The van der Waals surface area contributed by atoms with E-state index in [1.54, 1.807) is 25.1 Å². The molecule has 1 aromatic rings. The van der Waals surface area contributed by atoms with Crippen LogP contribution in [-0.4, -0.2) is 29.1 Å². The maximum Gasteiger partial charge on any atom is 0.139 e. The molecule has 3 atom stereocenters. The Labute approximate surface area is 168 Å². The van der Waals surface area contributed by atoms with E-state index in [4.69, 9.17) is 0 Å². The van der Waals surface area contributed by atoms with Crippen molar-refractivity contribution in [2.45, 2.75) is 59.0 Å². The first-order valence-electron chi connectivity index (χ1n) is 9.44. The molecule has 0 radical (unpaired) electrons. The van der Waals surface area contributed by atoms with Crippen molar-refractivity contribution in [1.29, 1.82) is 0 Å². The second-order valence-electron chi connectivity index (χ2n) is 7.59. The highest BCUT2D eigenvalue weighted by Gasteiger charge is 2.39. The van der Waals surface area contributed by atoms with E-state index in [1.807, 2.05) is 6.07 Å². The average Bonchev–Trinajstić information content (AvgIpc) is 2.61. The number of aliphatic hydroxyl groups is 1. The molecule has 4 nitrogen and oxygen atoms in total. The number of aliphatic hydroxyl groups excluding tert-OH is 1. The fraction of sp³-hybridized carbons (Fsp3) is 0.458. The van der Waals surface area contributed by atoms with E-state index in [2.05, 4.69) is 25.3 Å². The highest BCUT2D eigenvalue weighted by Crippen LogP contribution is 2.35. The van der Waals surface area contributed by atoms with Gasteiger partial charge < -0.3 is 9.90 Å². The number of aldehydes is 1. The van der Waals surface area contributed by atoms with Crippen molar-refractivity contribution in [1.82, 2.24) is 0 Å². The maximum atomic E-state index is 12.3. The molecule has 1 N–H and O–H groups in total. The third kappa shape index (κ3) is 5.27. The molecule has 0 saturated heterocycles. The smallest absolute Gasteiger partial charge is 0.139 e. The number of ketones is 2. The van der Waals surface area contributed by atoms with Crippen LogP contribution in [0.15, 0.2) is 37.4 Å². The van der Waals surface area contributed by atoms with Gasteiger partial charge in [-0.3, -0.25) is 9.59 Å². The number of Topliss-reactive ketones (excluding diaryl/α,β-unsaturated/α-hetero) is 2. The number of rotatable bonds is 13.